The zero-order valence-corrected chi connectivity index (χ0v) is 38.2. The molecule has 5 N–H and O–H groups in total. The molecule has 19 heteroatoms. The van der Waals surface area contributed by atoms with Gasteiger partial charge in [0.05, 0.1) is 38.7 Å². The number of piperidine rings is 1. The summed E-state index contributed by atoms with van der Waals surface area (Å²) in [6.45, 7) is 8.16. The summed E-state index contributed by atoms with van der Waals surface area (Å²) in [5, 5.41) is 26.3. The van der Waals surface area contributed by atoms with Gasteiger partial charge in [0.1, 0.15) is 11.2 Å². The van der Waals surface area contributed by atoms with Crippen LogP contribution in [0.25, 0.3) is 10.9 Å². The van der Waals surface area contributed by atoms with Crippen LogP contribution in [-0.2, 0) is 61.0 Å². The molecule has 18 nitrogen and oxygen atoms in total. The van der Waals surface area contributed by atoms with Gasteiger partial charge in [-0.15, -0.1) is 0 Å². The Hall–Kier alpha value is -4.89. The van der Waals surface area contributed by atoms with Gasteiger partial charge in [-0.3, -0.25) is 33.3 Å². The third-order valence-electron chi connectivity index (χ3n) is 15.5. The molecule has 2 bridgehead atoms. The third-order valence-corrected chi connectivity index (χ3v) is 15.5. The Morgan fingerprint density at radius 1 is 0.954 bits per heavy atom. The van der Waals surface area contributed by atoms with Crippen molar-refractivity contribution in [3.05, 3.63) is 70.9 Å². The lowest BCUT2D eigenvalue weighted by molar-refractivity contribution is -0.228. The van der Waals surface area contributed by atoms with E-state index in [1.165, 1.54) is 33.2 Å². The molecule has 9 rings (SSSR count). The van der Waals surface area contributed by atoms with Gasteiger partial charge >= 0.3 is 28.3 Å². The van der Waals surface area contributed by atoms with Crippen LogP contribution in [0, 0.1) is 11.3 Å². The van der Waals surface area contributed by atoms with E-state index in [9.17, 15) is 24.6 Å². The zero-order valence-electron chi connectivity index (χ0n) is 37.4. The Morgan fingerprint density at radius 3 is 2.29 bits per heavy atom. The van der Waals surface area contributed by atoms with Crippen molar-refractivity contribution in [2.24, 2.45) is 11.3 Å². The lowest BCUT2D eigenvalue weighted by Crippen LogP contribution is -2.81. The van der Waals surface area contributed by atoms with Crippen LogP contribution in [0.15, 0.2) is 48.6 Å². The van der Waals surface area contributed by atoms with Crippen molar-refractivity contribution in [1.82, 2.24) is 14.8 Å². The van der Waals surface area contributed by atoms with Gasteiger partial charge in [-0.1, -0.05) is 44.2 Å². The van der Waals surface area contributed by atoms with Gasteiger partial charge in [-0.2, -0.15) is 8.42 Å². The number of aromatic nitrogens is 1. The maximum Gasteiger partial charge on any atom is 0.394 e. The highest BCUT2D eigenvalue weighted by Crippen LogP contribution is 2.68. The van der Waals surface area contributed by atoms with E-state index in [1.807, 2.05) is 50.3 Å². The molecule has 1 spiro atoms. The summed E-state index contributed by atoms with van der Waals surface area (Å²) in [6.07, 6.45) is 5.83. The molecule has 6 heterocycles. The molecular formula is C46H58N4O14S. The van der Waals surface area contributed by atoms with Gasteiger partial charge in [0.2, 0.25) is 12.0 Å². The van der Waals surface area contributed by atoms with E-state index >= 15 is 4.79 Å². The molecule has 1 amide bonds. The first-order valence-electron chi connectivity index (χ1n) is 22.0. The summed E-state index contributed by atoms with van der Waals surface area (Å²) in [5.41, 5.74) is -3.15. The summed E-state index contributed by atoms with van der Waals surface area (Å²) in [4.78, 5) is 66.1. The molecule has 6 aliphatic rings. The number of rotatable bonds is 8. The van der Waals surface area contributed by atoms with E-state index in [-0.39, 0.29) is 12.3 Å². The number of para-hydroxylation sites is 1. The first-order chi connectivity index (χ1) is 30.8. The van der Waals surface area contributed by atoms with Crippen LogP contribution in [0.3, 0.4) is 0 Å². The summed E-state index contributed by atoms with van der Waals surface area (Å²) < 4.78 is 55.3. The number of carbonyl (C=O) groups is 4. The highest BCUT2D eigenvalue weighted by atomic mass is 32.3. The van der Waals surface area contributed by atoms with Crippen LogP contribution in [0.5, 0.6) is 5.75 Å². The number of hydrogen-bond donors (Lipinski definition) is 5. The Balaban J connectivity index is 0.00000109. The molecule has 3 fully saturated rings. The van der Waals surface area contributed by atoms with Crippen molar-refractivity contribution in [2.45, 2.75) is 99.5 Å². The van der Waals surface area contributed by atoms with Gasteiger partial charge in [-0.05, 0) is 74.2 Å². The van der Waals surface area contributed by atoms with Gasteiger partial charge < -0.3 is 39.0 Å². The number of methoxy groups -OCH3 is 3. The van der Waals surface area contributed by atoms with Crippen LogP contribution in [0.2, 0.25) is 0 Å². The Labute approximate surface area is 377 Å². The fourth-order valence-corrected chi connectivity index (χ4v) is 13.4. The summed E-state index contributed by atoms with van der Waals surface area (Å²) in [6, 6.07) is 9.97. The number of nitrogens with one attached hydrogen (secondary N) is 1. The lowest BCUT2D eigenvalue weighted by atomic mass is 9.47. The van der Waals surface area contributed by atoms with Crippen molar-refractivity contribution < 1.29 is 65.9 Å². The van der Waals surface area contributed by atoms with Crippen molar-refractivity contribution in [3.63, 3.8) is 0 Å². The van der Waals surface area contributed by atoms with Crippen molar-refractivity contribution in [2.75, 3.05) is 59.0 Å². The van der Waals surface area contributed by atoms with E-state index in [1.54, 1.807) is 6.07 Å². The molecular weight excluding hydrogens is 865 g/mol. The Morgan fingerprint density at radius 2 is 1.66 bits per heavy atom. The molecule has 1 aliphatic carbocycles. The molecule has 5 aliphatic heterocycles. The van der Waals surface area contributed by atoms with E-state index in [2.05, 4.69) is 20.9 Å². The Bertz CT molecular complexity index is 2560. The Kier molecular flexibility index (Phi) is 11.8. The molecule has 2 saturated heterocycles. The molecule has 3 aromatic rings. The number of aliphatic hydroxyl groups is 2. The molecule has 1 saturated carbocycles. The second kappa shape index (κ2) is 16.5. The SMILES string of the molecule is CC[C@]1(O)CC2CN(CCc3c([nH]c4ccccc34)[C@@](C(=O)OC)(c3cc4c(cc3OC)N(C=O)C3[C@@](O)(C(=O)OC)C(OC(C)=O)[C@]5(CC)C=CCN6CC[C@@]43[C@@H]65)C2)C1.O=S(=O)(O)O. The lowest BCUT2D eigenvalue weighted by Gasteiger charge is -2.63. The maximum atomic E-state index is 15.3. The molecule has 1 aromatic heterocycles. The second-order valence-electron chi connectivity index (χ2n) is 18.6. The smallest absolute Gasteiger partial charge is 0.394 e. The van der Waals surface area contributed by atoms with E-state index in [4.69, 9.17) is 36.5 Å². The van der Waals surface area contributed by atoms with Crippen LogP contribution in [-0.4, -0.2) is 150 Å². The predicted molar refractivity (Wildman–Crippen MR) is 235 cm³/mol. The number of aromatic amines is 1. The number of benzene rings is 2. The number of amides is 1. The normalized spacial score (nSPS) is 34.6. The fraction of sp³-hybridized carbons (Fsp3) is 0.565. The van der Waals surface area contributed by atoms with Crippen LogP contribution < -0.4 is 9.64 Å². The summed E-state index contributed by atoms with van der Waals surface area (Å²) in [5.74, 6) is -2.06. The van der Waals surface area contributed by atoms with Crippen molar-refractivity contribution >= 4 is 51.3 Å². The quantitative estimate of drug-likeness (QED) is 0.0717. The molecule has 0 radical (unpaired) electrons. The zero-order chi connectivity index (χ0) is 47.1. The molecule has 352 valence electrons. The molecule has 65 heavy (non-hydrogen) atoms. The number of anilines is 1. The van der Waals surface area contributed by atoms with Crippen molar-refractivity contribution in [3.8, 4) is 5.75 Å². The minimum absolute atomic E-state index is 0.155. The summed E-state index contributed by atoms with van der Waals surface area (Å²) in [7, 11) is -0.577. The predicted octanol–water partition coefficient (Wildman–Crippen LogP) is 2.86. The number of fused-ring (bicyclic) bond motifs is 6. The highest BCUT2D eigenvalue weighted by molar-refractivity contribution is 7.79. The fourth-order valence-electron chi connectivity index (χ4n) is 13.4. The number of carbonyl (C=O) groups excluding carboxylic acids is 4. The van der Waals surface area contributed by atoms with E-state index in [0.717, 1.165) is 16.5 Å². The number of H-pyrrole nitrogens is 1. The summed E-state index contributed by atoms with van der Waals surface area (Å²) >= 11 is 0. The largest absolute Gasteiger partial charge is 0.496 e. The number of esters is 3. The van der Waals surface area contributed by atoms with Crippen LogP contribution >= 0.6 is 0 Å². The maximum absolute atomic E-state index is 15.3. The molecule has 2 aromatic carbocycles. The van der Waals surface area contributed by atoms with Crippen molar-refractivity contribution in [1.29, 1.82) is 0 Å². The average Bonchev–Trinajstić information content (AvgIpc) is 3.95. The number of nitrogens with zero attached hydrogens (tertiary/aromatic N) is 3. The average molecular weight is 923 g/mol. The standard InChI is InChI=1S/C46H56N4O10.H2O4S/c1-7-42(55)22-28-23-45(40(53)58-5,36-30(14-18-48(24-28)25-42)29-12-9-10-13-33(29)47-36)32-20-31-34(21-35(32)57-4)50(26-51)38-44(31)16-19-49-17-11-15-43(8-2,37(44)49)39(60-27(3)52)46(38,56)41(54)59-6;1-5(2,3)4/h9-13,15,20-21,26,28,37-39,47,55-56H,7-8,14,16-19,22-25H2,1-6H3;(H2,1,2,3,4)/t28?,37-,38?,39?,42-,43+,44-,45-,46-;/m0./s1. The molecule has 10 atom stereocenters. The van der Waals surface area contributed by atoms with E-state index in [0.29, 0.717) is 99.5 Å². The number of hydrogen-bond acceptors (Lipinski definition) is 14. The van der Waals surface area contributed by atoms with Crippen LogP contribution in [0.4, 0.5) is 5.69 Å². The first kappa shape index (κ1) is 46.6. The third kappa shape index (κ3) is 6.90. The van der Waals surface area contributed by atoms with Gasteiger partial charge in [0, 0.05) is 78.2 Å². The topological polar surface area (TPSA) is 246 Å². The minimum atomic E-state index is -4.67. The molecule has 4 unspecified atom stereocenters. The first-order valence-corrected chi connectivity index (χ1v) is 23.4. The van der Waals surface area contributed by atoms with E-state index < -0.39 is 73.9 Å². The number of ether oxygens (including phenoxy) is 4. The van der Waals surface area contributed by atoms with Crippen LogP contribution in [0.1, 0.15) is 75.3 Å². The minimum Gasteiger partial charge on any atom is -0.496 e. The monoisotopic (exact) mass is 922 g/mol. The van der Waals surface area contributed by atoms with Gasteiger partial charge in [-0.25, -0.2) is 4.79 Å². The van der Waals surface area contributed by atoms with Gasteiger partial charge in [0.15, 0.2) is 6.10 Å². The second-order valence-corrected chi connectivity index (χ2v) is 19.4. The van der Waals surface area contributed by atoms with Gasteiger partial charge in [0.25, 0.3) is 0 Å². The highest BCUT2D eigenvalue weighted by Gasteiger charge is 2.81.